The van der Waals surface area contributed by atoms with Gasteiger partial charge in [-0.1, -0.05) is 5.16 Å². The summed E-state index contributed by atoms with van der Waals surface area (Å²) >= 11 is 0. The van der Waals surface area contributed by atoms with Crippen molar-refractivity contribution < 1.29 is 14.1 Å². The largest absolute Gasteiger partial charge is 0.444 e. The molecular formula is C14H24N4O3. The average molecular weight is 296 g/mol. The van der Waals surface area contributed by atoms with E-state index in [0.717, 1.165) is 25.8 Å². The molecule has 1 saturated heterocycles. The highest BCUT2D eigenvalue weighted by Gasteiger charge is 2.25. The molecule has 1 N–H and O–H groups in total. The van der Waals surface area contributed by atoms with Gasteiger partial charge in [0.15, 0.2) is 5.82 Å². The number of likely N-dealkylation sites (tertiary alicyclic amines) is 1. The van der Waals surface area contributed by atoms with E-state index < -0.39 is 5.60 Å². The molecule has 1 aromatic heterocycles. The van der Waals surface area contributed by atoms with Crippen LogP contribution in [0.4, 0.5) is 4.79 Å². The highest BCUT2D eigenvalue weighted by Crippen LogP contribution is 2.15. The van der Waals surface area contributed by atoms with Crippen molar-refractivity contribution in [1.29, 1.82) is 0 Å². The van der Waals surface area contributed by atoms with Crippen LogP contribution < -0.4 is 5.32 Å². The summed E-state index contributed by atoms with van der Waals surface area (Å²) in [6.07, 6.45) is 3.99. The summed E-state index contributed by atoms with van der Waals surface area (Å²) in [5, 5.41) is 7.18. The van der Waals surface area contributed by atoms with Gasteiger partial charge in [-0.05, 0) is 40.0 Å². The summed E-state index contributed by atoms with van der Waals surface area (Å²) in [5.41, 5.74) is -0.445. The quantitative estimate of drug-likeness (QED) is 0.918. The van der Waals surface area contributed by atoms with Gasteiger partial charge in [-0.3, -0.25) is 0 Å². The van der Waals surface area contributed by atoms with Crippen LogP contribution in [0.25, 0.3) is 0 Å². The maximum absolute atomic E-state index is 12.1. The van der Waals surface area contributed by atoms with Gasteiger partial charge >= 0.3 is 6.09 Å². The second kappa shape index (κ2) is 6.89. The lowest BCUT2D eigenvalue weighted by atomic mass is 10.1. The van der Waals surface area contributed by atoms with Crippen molar-refractivity contribution >= 4 is 6.09 Å². The monoisotopic (exact) mass is 296 g/mol. The molecule has 1 fully saturated rings. The number of nitrogens with one attached hydrogen (secondary N) is 1. The van der Waals surface area contributed by atoms with Gasteiger partial charge in [-0.2, -0.15) is 4.98 Å². The molecule has 1 aliphatic rings. The van der Waals surface area contributed by atoms with E-state index in [0.29, 0.717) is 25.0 Å². The van der Waals surface area contributed by atoms with Crippen molar-refractivity contribution in [3.8, 4) is 0 Å². The van der Waals surface area contributed by atoms with Crippen LogP contribution in [0.2, 0.25) is 0 Å². The number of hydrogen-bond donors (Lipinski definition) is 1. The fourth-order valence-corrected chi connectivity index (χ4v) is 2.32. The number of nitrogens with zero attached hydrogens (tertiary/aromatic N) is 3. The maximum atomic E-state index is 12.1. The van der Waals surface area contributed by atoms with Gasteiger partial charge in [0.2, 0.25) is 6.39 Å². The van der Waals surface area contributed by atoms with Crippen LogP contribution in [0.5, 0.6) is 0 Å². The molecule has 7 nitrogen and oxygen atoms in total. The highest BCUT2D eigenvalue weighted by molar-refractivity contribution is 5.68. The molecule has 1 aliphatic heterocycles. The molecule has 2 rings (SSSR count). The van der Waals surface area contributed by atoms with Crippen LogP contribution in [-0.2, 0) is 11.3 Å². The lowest BCUT2D eigenvalue weighted by Crippen LogP contribution is -2.38. The summed E-state index contributed by atoms with van der Waals surface area (Å²) in [6, 6.07) is 0.357. The van der Waals surface area contributed by atoms with Crippen LogP contribution in [0, 0.1) is 0 Å². The highest BCUT2D eigenvalue weighted by atomic mass is 16.6. The number of amides is 1. The van der Waals surface area contributed by atoms with E-state index in [-0.39, 0.29) is 6.09 Å². The molecule has 118 valence electrons. The van der Waals surface area contributed by atoms with Crippen molar-refractivity contribution in [1.82, 2.24) is 20.4 Å². The molecule has 1 amide bonds. The third-order valence-electron chi connectivity index (χ3n) is 3.34. The number of rotatable bonds is 3. The lowest BCUT2D eigenvalue weighted by Gasteiger charge is -2.26. The normalized spacial score (nSPS) is 20.1. The molecule has 1 unspecified atom stereocenters. The van der Waals surface area contributed by atoms with Gasteiger partial charge < -0.3 is 19.5 Å². The fraction of sp³-hybridized carbons (Fsp3) is 0.786. The van der Waals surface area contributed by atoms with Crippen molar-refractivity contribution in [3.05, 3.63) is 12.2 Å². The zero-order valence-corrected chi connectivity index (χ0v) is 13.0. The molecule has 0 aromatic carbocycles. The Bertz CT molecular complexity index is 442. The SMILES string of the molecule is CC(C)(C)OC(=O)N1CCCC(NCc2ncon2)CC1. The van der Waals surface area contributed by atoms with E-state index >= 15 is 0 Å². The summed E-state index contributed by atoms with van der Waals surface area (Å²) in [7, 11) is 0. The van der Waals surface area contributed by atoms with Crippen molar-refractivity contribution in [2.75, 3.05) is 13.1 Å². The summed E-state index contributed by atoms with van der Waals surface area (Å²) < 4.78 is 10.1. The second-order valence-corrected chi connectivity index (χ2v) is 6.32. The van der Waals surface area contributed by atoms with E-state index in [1.165, 1.54) is 6.39 Å². The Kier molecular flexibility index (Phi) is 5.17. The Morgan fingerprint density at radius 2 is 2.29 bits per heavy atom. The Balaban J connectivity index is 1.77. The number of carbonyl (C=O) groups excluding carboxylic acids is 1. The van der Waals surface area contributed by atoms with Crippen molar-refractivity contribution in [3.63, 3.8) is 0 Å². The topological polar surface area (TPSA) is 80.5 Å². The van der Waals surface area contributed by atoms with Gasteiger partial charge in [0, 0.05) is 19.1 Å². The number of carbonyl (C=O) groups is 1. The average Bonchev–Trinajstić information content (AvgIpc) is 2.78. The number of hydrogen-bond acceptors (Lipinski definition) is 6. The molecular weight excluding hydrogens is 272 g/mol. The van der Waals surface area contributed by atoms with E-state index in [4.69, 9.17) is 9.26 Å². The van der Waals surface area contributed by atoms with Gasteiger partial charge in [-0.25, -0.2) is 4.79 Å². The molecule has 0 bridgehead atoms. The van der Waals surface area contributed by atoms with Crippen LogP contribution in [0.1, 0.15) is 45.9 Å². The Morgan fingerprint density at radius 3 is 2.95 bits per heavy atom. The standard InChI is InChI=1S/C14H24N4O3/c1-14(2,3)21-13(19)18-7-4-5-11(6-8-18)15-9-12-16-10-20-17-12/h10-11,15H,4-9H2,1-3H3. The smallest absolute Gasteiger partial charge is 0.410 e. The molecule has 0 spiro atoms. The molecule has 7 heteroatoms. The number of ether oxygens (including phenoxy) is 1. The summed E-state index contributed by atoms with van der Waals surface area (Å²) in [5.74, 6) is 0.656. The molecule has 21 heavy (non-hydrogen) atoms. The van der Waals surface area contributed by atoms with Crippen molar-refractivity contribution in [2.24, 2.45) is 0 Å². The van der Waals surface area contributed by atoms with Crippen molar-refractivity contribution in [2.45, 2.75) is 58.2 Å². The Labute approximate surface area is 125 Å². The molecule has 0 radical (unpaired) electrons. The number of aromatic nitrogens is 2. The molecule has 0 saturated carbocycles. The van der Waals surface area contributed by atoms with E-state index in [9.17, 15) is 4.79 Å². The Hall–Kier alpha value is -1.63. The molecule has 2 heterocycles. The maximum Gasteiger partial charge on any atom is 0.410 e. The minimum absolute atomic E-state index is 0.221. The van der Waals surface area contributed by atoms with Gasteiger partial charge in [0.25, 0.3) is 0 Å². The van der Waals surface area contributed by atoms with Gasteiger partial charge in [0.05, 0.1) is 6.54 Å². The zero-order valence-electron chi connectivity index (χ0n) is 13.0. The first-order valence-electron chi connectivity index (χ1n) is 7.40. The lowest BCUT2D eigenvalue weighted by molar-refractivity contribution is 0.0256. The Morgan fingerprint density at radius 1 is 1.48 bits per heavy atom. The zero-order chi connectivity index (χ0) is 15.3. The summed E-state index contributed by atoms with van der Waals surface area (Å²) in [6.45, 7) is 7.70. The third-order valence-corrected chi connectivity index (χ3v) is 3.34. The van der Waals surface area contributed by atoms with E-state index in [2.05, 4.69) is 15.5 Å². The predicted octanol–water partition coefficient (Wildman–Crippen LogP) is 1.95. The second-order valence-electron chi connectivity index (χ2n) is 6.32. The summed E-state index contributed by atoms with van der Waals surface area (Å²) in [4.78, 5) is 17.8. The molecule has 1 aromatic rings. The van der Waals surface area contributed by atoms with Crippen LogP contribution >= 0.6 is 0 Å². The first-order valence-corrected chi connectivity index (χ1v) is 7.40. The molecule has 1 atom stereocenters. The molecule has 0 aliphatic carbocycles. The first kappa shape index (κ1) is 15.8. The van der Waals surface area contributed by atoms with Crippen LogP contribution in [-0.4, -0.2) is 45.9 Å². The van der Waals surface area contributed by atoms with E-state index in [1.807, 2.05) is 20.8 Å². The minimum atomic E-state index is -0.445. The van der Waals surface area contributed by atoms with Gasteiger partial charge in [0.1, 0.15) is 5.60 Å². The predicted molar refractivity (Wildman–Crippen MR) is 76.6 cm³/mol. The van der Waals surface area contributed by atoms with Gasteiger partial charge in [-0.15, -0.1) is 0 Å². The minimum Gasteiger partial charge on any atom is -0.444 e. The third kappa shape index (κ3) is 5.34. The first-order chi connectivity index (χ1) is 9.94. The van der Waals surface area contributed by atoms with E-state index in [1.54, 1.807) is 4.90 Å². The van der Waals surface area contributed by atoms with Crippen LogP contribution in [0.15, 0.2) is 10.9 Å². The van der Waals surface area contributed by atoms with Crippen LogP contribution in [0.3, 0.4) is 0 Å². The fourth-order valence-electron chi connectivity index (χ4n) is 2.32.